The van der Waals surface area contributed by atoms with E-state index in [9.17, 15) is 0 Å². The van der Waals surface area contributed by atoms with Crippen molar-refractivity contribution in [3.63, 3.8) is 0 Å². The van der Waals surface area contributed by atoms with Gasteiger partial charge < -0.3 is 19.9 Å². The van der Waals surface area contributed by atoms with Crippen LogP contribution in [0.3, 0.4) is 0 Å². The number of halogens is 1. The van der Waals surface area contributed by atoms with E-state index in [1.54, 1.807) is 0 Å². The minimum atomic E-state index is 0. The summed E-state index contributed by atoms with van der Waals surface area (Å²) >= 11 is 0. The third-order valence-corrected chi connectivity index (χ3v) is 6.47. The normalized spacial score (nSPS) is 20.5. The van der Waals surface area contributed by atoms with Gasteiger partial charge >= 0.3 is 0 Å². The fraction of sp³-hybridized carbons (Fsp3) is 0.583. The topological polar surface area (TPSA) is 61.2 Å². The molecule has 2 fully saturated rings. The Hall–Kier alpha value is -1.69. The molecule has 2 saturated heterocycles. The third-order valence-electron chi connectivity index (χ3n) is 6.47. The molecular formula is C24H38IN7O. The van der Waals surface area contributed by atoms with Gasteiger partial charge in [-0.1, -0.05) is 31.2 Å². The summed E-state index contributed by atoms with van der Waals surface area (Å²) < 4.78 is 7.79. The average Bonchev–Trinajstić information content (AvgIpc) is 3.27. The first-order valence-corrected chi connectivity index (χ1v) is 11.7. The molecule has 1 aromatic heterocycles. The van der Waals surface area contributed by atoms with Crippen molar-refractivity contribution in [2.45, 2.75) is 26.1 Å². The Labute approximate surface area is 215 Å². The molecule has 0 aliphatic carbocycles. The predicted molar refractivity (Wildman–Crippen MR) is 143 cm³/mol. The van der Waals surface area contributed by atoms with E-state index in [1.165, 1.54) is 24.2 Å². The first kappa shape index (κ1) is 25.9. The van der Waals surface area contributed by atoms with Gasteiger partial charge in [0.05, 0.1) is 19.3 Å². The van der Waals surface area contributed by atoms with Gasteiger partial charge in [0.2, 0.25) is 0 Å². The lowest BCUT2D eigenvalue weighted by molar-refractivity contribution is -0.00805. The number of aromatic nitrogens is 2. The van der Waals surface area contributed by atoms with Crippen LogP contribution in [0.1, 0.15) is 29.7 Å². The first-order chi connectivity index (χ1) is 15.6. The summed E-state index contributed by atoms with van der Waals surface area (Å²) in [6, 6.07) is 8.99. The highest BCUT2D eigenvalue weighted by molar-refractivity contribution is 14.0. The van der Waals surface area contributed by atoms with Crippen LogP contribution in [0.5, 0.6) is 0 Å². The summed E-state index contributed by atoms with van der Waals surface area (Å²) in [4.78, 5) is 11.9. The molecule has 0 amide bonds. The fourth-order valence-corrected chi connectivity index (χ4v) is 4.45. The number of likely N-dealkylation sites (N-methyl/N-ethyl adjacent to an activating group) is 1. The highest BCUT2D eigenvalue weighted by Crippen LogP contribution is 2.21. The van der Waals surface area contributed by atoms with Gasteiger partial charge in [0.1, 0.15) is 6.10 Å². The number of guanidine groups is 1. The zero-order valence-electron chi connectivity index (χ0n) is 20.1. The van der Waals surface area contributed by atoms with E-state index in [1.807, 2.05) is 31.2 Å². The van der Waals surface area contributed by atoms with Gasteiger partial charge in [0.25, 0.3) is 0 Å². The lowest BCUT2D eigenvalue weighted by atomic mass is 10.1. The quantitative estimate of drug-likeness (QED) is 0.329. The standard InChI is InChI=1S/C24H37N7O.HI/c1-4-29-9-11-30(12-10-29)17-21-7-5-20(6-8-21)15-26-24(25-2)31-13-14-32-23(19-31)22-16-27-28(3)18-22;/h5-8,16,18,23H,4,9-15,17,19H2,1-3H3,(H,25,26);1H. The number of morpholine rings is 1. The van der Waals surface area contributed by atoms with Crippen LogP contribution in [-0.2, 0) is 24.9 Å². The van der Waals surface area contributed by atoms with Gasteiger partial charge in [0, 0.05) is 71.7 Å². The molecule has 1 unspecified atom stereocenters. The molecule has 8 nitrogen and oxygen atoms in total. The SMILES string of the molecule is CCN1CCN(Cc2ccc(CNC(=NC)N3CCOC(c4cnn(C)c4)C3)cc2)CC1.I. The third kappa shape index (κ3) is 7.14. The highest BCUT2D eigenvalue weighted by atomic mass is 127. The molecule has 0 bridgehead atoms. The predicted octanol–water partition coefficient (Wildman–Crippen LogP) is 2.32. The monoisotopic (exact) mass is 567 g/mol. The Bertz CT molecular complexity index is 877. The Morgan fingerprint density at radius 2 is 1.79 bits per heavy atom. The molecule has 0 radical (unpaired) electrons. The Balaban J connectivity index is 0.00000306. The van der Waals surface area contributed by atoms with Crippen molar-refractivity contribution in [1.82, 2.24) is 29.8 Å². The Morgan fingerprint density at radius 3 is 2.42 bits per heavy atom. The van der Waals surface area contributed by atoms with Gasteiger partial charge in [-0.25, -0.2) is 0 Å². The molecule has 1 aromatic carbocycles. The van der Waals surface area contributed by atoms with E-state index in [4.69, 9.17) is 4.74 Å². The van der Waals surface area contributed by atoms with Crippen molar-refractivity contribution in [2.24, 2.45) is 12.0 Å². The number of ether oxygens (including phenoxy) is 1. The van der Waals surface area contributed by atoms with Crippen molar-refractivity contribution < 1.29 is 4.74 Å². The summed E-state index contributed by atoms with van der Waals surface area (Å²) in [5, 5.41) is 7.80. The molecular weight excluding hydrogens is 529 g/mol. The van der Waals surface area contributed by atoms with Gasteiger partial charge in [-0.15, -0.1) is 24.0 Å². The fourth-order valence-electron chi connectivity index (χ4n) is 4.45. The van der Waals surface area contributed by atoms with Crippen LogP contribution in [0, 0.1) is 0 Å². The largest absolute Gasteiger partial charge is 0.370 e. The van der Waals surface area contributed by atoms with E-state index in [-0.39, 0.29) is 30.1 Å². The molecule has 1 N–H and O–H groups in total. The van der Waals surface area contributed by atoms with Crippen molar-refractivity contribution in [3.05, 3.63) is 53.3 Å². The number of nitrogens with zero attached hydrogens (tertiary/aromatic N) is 6. The Morgan fingerprint density at radius 1 is 1.09 bits per heavy atom. The molecule has 2 aliphatic rings. The number of nitrogens with one attached hydrogen (secondary N) is 1. The Kier molecular flexibility index (Phi) is 9.96. The molecule has 9 heteroatoms. The zero-order valence-corrected chi connectivity index (χ0v) is 22.4. The van der Waals surface area contributed by atoms with Crippen LogP contribution in [0.25, 0.3) is 0 Å². The lowest BCUT2D eigenvalue weighted by Crippen LogP contribution is -2.47. The summed E-state index contributed by atoms with van der Waals surface area (Å²) in [7, 11) is 3.78. The minimum absolute atomic E-state index is 0. The smallest absolute Gasteiger partial charge is 0.194 e. The van der Waals surface area contributed by atoms with Gasteiger partial charge in [0.15, 0.2) is 5.96 Å². The second kappa shape index (κ2) is 12.7. The van der Waals surface area contributed by atoms with E-state index in [0.717, 1.165) is 57.3 Å². The maximum atomic E-state index is 5.97. The maximum absolute atomic E-state index is 5.97. The van der Waals surface area contributed by atoms with Crippen molar-refractivity contribution >= 4 is 29.9 Å². The van der Waals surface area contributed by atoms with Gasteiger partial charge in [-0.2, -0.15) is 5.10 Å². The number of piperazine rings is 1. The highest BCUT2D eigenvalue weighted by Gasteiger charge is 2.25. The van der Waals surface area contributed by atoms with Gasteiger partial charge in [-0.3, -0.25) is 14.6 Å². The number of hydrogen-bond donors (Lipinski definition) is 1. The number of rotatable bonds is 6. The van der Waals surface area contributed by atoms with Gasteiger partial charge in [-0.05, 0) is 17.7 Å². The molecule has 33 heavy (non-hydrogen) atoms. The zero-order chi connectivity index (χ0) is 22.3. The summed E-state index contributed by atoms with van der Waals surface area (Å²) in [6.07, 6.45) is 3.93. The van der Waals surface area contributed by atoms with E-state index < -0.39 is 0 Å². The van der Waals surface area contributed by atoms with Crippen LogP contribution < -0.4 is 5.32 Å². The number of hydrogen-bond acceptors (Lipinski definition) is 5. The maximum Gasteiger partial charge on any atom is 0.194 e. The summed E-state index contributed by atoms with van der Waals surface area (Å²) in [5.41, 5.74) is 3.76. The molecule has 3 heterocycles. The average molecular weight is 568 g/mol. The summed E-state index contributed by atoms with van der Waals surface area (Å²) in [5.74, 6) is 0.917. The van der Waals surface area contributed by atoms with Crippen molar-refractivity contribution in [2.75, 3.05) is 59.5 Å². The van der Waals surface area contributed by atoms with Crippen molar-refractivity contribution in [3.8, 4) is 0 Å². The van der Waals surface area contributed by atoms with E-state index in [2.05, 4.69) is 61.3 Å². The van der Waals surface area contributed by atoms with Crippen LogP contribution in [0.2, 0.25) is 0 Å². The van der Waals surface area contributed by atoms with Crippen LogP contribution in [0.15, 0.2) is 41.7 Å². The molecule has 0 saturated carbocycles. The molecule has 0 spiro atoms. The minimum Gasteiger partial charge on any atom is -0.370 e. The molecule has 4 rings (SSSR count). The molecule has 182 valence electrons. The second-order valence-corrected chi connectivity index (χ2v) is 8.68. The van der Waals surface area contributed by atoms with E-state index in [0.29, 0.717) is 6.61 Å². The lowest BCUT2D eigenvalue weighted by Gasteiger charge is -2.34. The van der Waals surface area contributed by atoms with Crippen LogP contribution in [0.4, 0.5) is 0 Å². The van der Waals surface area contributed by atoms with E-state index >= 15 is 0 Å². The van der Waals surface area contributed by atoms with Crippen molar-refractivity contribution in [1.29, 1.82) is 0 Å². The number of benzene rings is 1. The summed E-state index contributed by atoms with van der Waals surface area (Å²) in [6.45, 7) is 12.2. The van der Waals surface area contributed by atoms with Crippen LogP contribution >= 0.6 is 24.0 Å². The second-order valence-electron chi connectivity index (χ2n) is 8.68. The molecule has 2 aliphatic heterocycles. The number of aliphatic imine (C=N–C) groups is 1. The number of aryl methyl sites for hydroxylation is 1. The van der Waals surface area contributed by atoms with Crippen LogP contribution in [-0.4, -0.2) is 89.9 Å². The molecule has 1 atom stereocenters. The first-order valence-electron chi connectivity index (χ1n) is 11.7. The molecule has 2 aromatic rings.